The van der Waals surface area contributed by atoms with Gasteiger partial charge in [0.05, 0.1) is 0 Å². The minimum atomic E-state index is -4.59. The van der Waals surface area contributed by atoms with Gasteiger partial charge in [-0.05, 0) is 30.0 Å². The summed E-state index contributed by atoms with van der Waals surface area (Å²) in [5, 5.41) is 0. The van der Waals surface area contributed by atoms with E-state index in [4.69, 9.17) is 5.73 Å². The quantitative estimate of drug-likeness (QED) is 0.379. The smallest absolute Gasteiger partial charge is 0.385 e. The molecule has 2 N–H and O–H groups in total. The van der Waals surface area contributed by atoms with Crippen LogP contribution in [0.1, 0.15) is 25.1 Å². The zero-order valence-electron chi connectivity index (χ0n) is 10.3. The Kier molecular flexibility index (Phi) is 7.28. The van der Waals surface area contributed by atoms with Crippen molar-refractivity contribution in [2.24, 2.45) is 11.7 Å². The van der Waals surface area contributed by atoms with Gasteiger partial charge >= 0.3 is 6.18 Å². The number of aromatic nitrogens is 1. The largest absolute Gasteiger partial charge is 0.433 e. The van der Waals surface area contributed by atoms with Crippen molar-refractivity contribution in [3.8, 4) is 0 Å². The standard InChI is InChI=1S/C10H11F4N.CH3NS2/c1-6(2)3-7-4-8(10(12,13)14)15-9(11)5-7;2-1(3)4/h4-6H,3H2,1-2H3;(H3,2,3,4). The van der Waals surface area contributed by atoms with Gasteiger partial charge in [0.2, 0.25) is 5.95 Å². The van der Waals surface area contributed by atoms with Gasteiger partial charge in [-0.1, -0.05) is 26.1 Å². The summed E-state index contributed by atoms with van der Waals surface area (Å²) in [7, 11) is 0. The zero-order chi connectivity index (χ0) is 15.2. The van der Waals surface area contributed by atoms with Crippen LogP contribution in [0.5, 0.6) is 0 Å². The molecule has 0 spiro atoms. The first-order valence-corrected chi connectivity index (χ1v) is 6.10. The maximum Gasteiger partial charge on any atom is 0.433 e. The molecule has 1 aromatic heterocycles. The monoisotopic (exact) mass is 314 g/mol. The maximum atomic E-state index is 12.8. The number of nitrogens with two attached hydrogens (primary N) is 1. The zero-order valence-corrected chi connectivity index (χ0v) is 12.0. The molecule has 0 unspecified atom stereocenters. The third kappa shape index (κ3) is 8.77. The van der Waals surface area contributed by atoms with Crippen molar-refractivity contribution < 1.29 is 17.6 Å². The normalized spacial score (nSPS) is 10.9. The Morgan fingerprint density at radius 2 is 1.89 bits per heavy atom. The number of halogens is 4. The van der Waals surface area contributed by atoms with E-state index in [-0.39, 0.29) is 10.2 Å². The van der Waals surface area contributed by atoms with Crippen molar-refractivity contribution in [3.63, 3.8) is 0 Å². The maximum absolute atomic E-state index is 12.8. The van der Waals surface area contributed by atoms with Crippen LogP contribution >= 0.6 is 24.8 Å². The summed E-state index contributed by atoms with van der Waals surface area (Å²) in [5.41, 5.74) is 3.86. The number of thiol groups is 1. The van der Waals surface area contributed by atoms with E-state index in [2.05, 4.69) is 29.8 Å². The van der Waals surface area contributed by atoms with Crippen molar-refractivity contribution >= 4 is 29.2 Å². The van der Waals surface area contributed by atoms with Gasteiger partial charge in [-0.2, -0.15) is 17.6 Å². The lowest BCUT2D eigenvalue weighted by Gasteiger charge is -2.09. The van der Waals surface area contributed by atoms with E-state index in [0.29, 0.717) is 12.0 Å². The summed E-state index contributed by atoms with van der Waals surface area (Å²) in [6.07, 6.45) is -4.18. The summed E-state index contributed by atoms with van der Waals surface area (Å²) < 4.78 is 49.8. The molecular formula is C11H14F4N2S2. The number of hydrogen-bond donors (Lipinski definition) is 2. The number of nitrogens with zero attached hydrogens (tertiary/aromatic N) is 1. The van der Waals surface area contributed by atoms with E-state index < -0.39 is 17.8 Å². The number of hydrogen-bond acceptors (Lipinski definition) is 2. The molecule has 0 saturated carbocycles. The van der Waals surface area contributed by atoms with E-state index in [1.54, 1.807) is 0 Å². The highest BCUT2D eigenvalue weighted by Crippen LogP contribution is 2.28. The predicted molar refractivity (Wildman–Crippen MR) is 73.5 cm³/mol. The molecule has 0 aromatic carbocycles. The van der Waals surface area contributed by atoms with E-state index in [1.165, 1.54) is 0 Å². The molecule has 1 aromatic rings. The fourth-order valence-electron chi connectivity index (χ4n) is 1.28. The first-order valence-electron chi connectivity index (χ1n) is 5.24. The summed E-state index contributed by atoms with van der Waals surface area (Å²) >= 11 is 7.65. The molecule has 1 rings (SSSR count). The second kappa shape index (κ2) is 7.64. The number of alkyl halides is 3. The van der Waals surface area contributed by atoms with Crippen molar-refractivity contribution in [2.45, 2.75) is 26.4 Å². The molecule has 0 bridgehead atoms. The van der Waals surface area contributed by atoms with Gasteiger partial charge in [-0.15, -0.1) is 12.6 Å². The van der Waals surface area contributed by atoms with Gasteiger partial charge in [0.15, 0.2) is 0 Å². The molecule has 0 amide bonds. The van der Waals surface area contributed by atoms with Crippen LogP contribution in [0.4, 0.5) is 17.6 Å². The fraction of sp³-hybridized carbons (Fsp3) is 0.455. The van der Waals surface area contributed by atoms with Crippen LogP contribution in [0, 0.1) is 11.9 Å². The first-order chi connectivity index (χ1) is 8.52. The van der Waals surface area contributed by atoms with Gasteiger partial charge in [0.25, 0.3) is 0 Å². The number of pyridine rings is 1. The predicted octanol–water partition coefficient (Wildman–Crippen LogP) is 3.60. The lowest BCUT2D eigenvalue weighted by atomic mass is 10.0. The Bertz CT molecular complexity index is 429. The summed E-state index contributed by atoms with van der Waals surface area (Å²) in [6, 6.07) is 1.93. The molecule has 0 aliphatic rings. The van der Waals surface area contributed by atoms with Crippen molar-refractivity contribution in [3.05, 3.63) is 29.3 Å². The van der Waals surface area contributed by atoms with Crippen LogP contribution in [0.3, 0.4) is 0 Å². The highest BCUT2D eigenvalue weighted by molar-refractivity contribution is 8.10. The van der Waals surface area contributed by atoms with Crippen LogP contribution in [0.15, 0.2) is 12.1 Å². The highest BCUT2D eigenvalue weighted by atomic mass is 32.1. The summed E-state index contributed by atoms with van der Waals surface area (Å²) in [6.45, 7) is 3.71. The third-order valence-electron chi connectivity index (χ3n) is 1.79. The van der Waals surface area contributed by atoms with E-state index in [0.717, 1.165) is 12.1 Å². The first kappa shape index (κ1) is 18.1. The molecule has 0 aliphatic heterocycles. The average molecular weight is 314 g/mol. The molecule has 0 fully saturated rings. The van der Waals surface area contributed by atoms with Gasteiger partial charge in [0, 0.05) is 0 Å². The minimum Gasteiger partial charge on any atom is -0.385 e. The van der Waals surface area contributed by atoms with E-state index in [1.807, 2.05) is 13.8 Å². The summed E-state index contributed by atoms with van der Waals surface area (Å²) in [5.74, 6) is -0.909. The minimum absolute atomic E-state index is 0.174. The topological polar surface area (TPSA) is 38.9 Å². The lowest BCUT2D eigenvalue weighted by Crippen LogP contribution is -2.10. The average Bonchev–Trinajstić information content (AvgIpc) is 2.12. The van der Waals surface area contributed by atoms with Crippen molar-refractivity contribution in [1.29, 1.82) is 0 Å². The molecule has 1 heterocycles. The van der Waals surface area contributed by atoms with Crippen LogP contribution in [-0.2, 0) is 12.6 Å². The Labute approximate surface area is 119 Å². The van der Waals surface area contributed by atoms with Gasteiger partial charge in [0.1, 0.15) is 10.0 Å². The van der Waals surface area contributed by atoms with E-state index >= 15 is 0 Å². The van der Waals surface area contributed by atoms with Crippen LogP contribution in [-0.4, -0.2) is 9.30 Å². The Morgan fingerprint density at radius 3 is 2.26 bits per heavy atom. The Morgan fingerprint density at radius 1 is 1.42 bits per heavy atom. The molecule has 0 saturated heterocycles. The summed E-state index contributed by atoms with van der Waals surface area (Å²) in [4.78, 5) is 2.82. The molecule has 8 heteroatoms. The fourth-order valence-corrected chi connectivity index (χ4v) is 1.28. The van der Waals surface area contributed by atoms with Crippen LogP contribution in [0.25, 0.3) is 0 Å². The SMILES string of the molecule is CC(C)Cc1cc(F)nc(C(F)(F)F)c1.NC(=S)S. The second-order valence-corrected chi connectivity index (χ2v) is 5.34. The van der Waals surface area contributed by atoms with Crippen molar-refractivity contribution in [1.82, 2.24) is 4.98 Å². The Balaban J connectivity index is 0.000000711. The molecular weight excluding hydrogens is 300 g/mol. The molecule has 0 atom stereocenters. The van der Waals surface area contributed by atoms with E-state index in [9.17, 15) is 17.6 Å². The molecule has 19 heavy (non-hydrogen) atoms. The van der Waals surface area contributed by atoms with Crippen LogP contribution < -0.4 is 5.73 Å². The Hall–Kier alpha value is -0.890. The van der Waals surface area contributed by atoms with Crippen molar-refractivity contribution in [2.75, 3.05) is 0 Å². The lowest BCUT2D eigenvalue weighted by molar-refractivity contribution is -0.141. The number of thiocarbonyl (C=S) groups is 1. The molecule has 108 valence electrons. The van der Waals surface area contributed by atoms with Gasteiger partial charge in [-0.25, -0.2) is 4.98 Å². The molecule has 0 aliphatic carbocycles. The highest BCUT2D eigenvalue weighted by Gasteiger charge is 2.33. The van der Waals surface area contributed by atoms with Crippen LogP contribution in [0.2, 0.25) is 0 Å². The second-order valence-electron chi connectivity index (χ2n) is 4.12. The molecule has 2 nitrogen and oxygen atoms in total. The molecule has 0 radical (unpaired) electrons. The van der Waals surface area contributed by atoms with Gasteiger partial charge < -0.3 is 5.73 Å². The number of rotatable bonds is 2. The van der Waals surface area contributed by atoms with Gasteiger partial charge in [-0.3, -0.25) is 0 Å². The third-order valence-corrected chi connectivity index (χ3v) is 1.79.